The SMILES string of the molecule is CO/N=C(/C)c1cccc(C)c1CO/N=C(\C)c1cccc(C)c1.COC=O. The van der Waals surface area contributed by atoms with Gasteiger partial charge in [0.05, 0.1) is 18.5 Å². The average Bonchev–Trinajstić information content (AvgIpc) is 2.69. The van der Waals surface area contributed by atoms with Gasteiger partial charge in [-0.25, -0.2) is 0 Å². The summed E-state index contributed by atoms with van der Waals surface area (Å²) in [4.78, 5) is 19.5. The first kappa shape index (κ1) is 22.9. The second-order valence-electron chi connectivity index (χ2n) is 6.11. The Bertz CT molecular complexity index is 829. The molecular weight excluding hydrogens is 356 g/mol. The molecule has 0 aromatic heterocycles. The summed E-state index contributed by atoms with van der Waals surface area (Å²) in [7, 11) is 2.86. The van der Waals surface area contributed by atoms with Crippen LogP contribution in [0.25, 0.3) is 0 Å². The van der Waals surface area contributed by atoms with Gasteiger partial charge in [0.2, 0.25) is 0 Å². The molecule has 0 fully saturated rings. The molecule has 0 saturated carbocycles. The summed E-state index contributed by atoms with van der Waals surface area (Å²) in [5.41, 5.74) is 7.17. The van der Waals surface area contributed by atoms with E-state index < -0.39 is 0 Å². The van der Waals surface area contributed by atoms with Gasteiger partial charge in [-0.2, -0.15) is 0 Å². The van der Waals surface area contributed by atoms with Crippen LogP contribution in [0.4, 0.5) is 0 Å². The number of nitrogens with zero attached hydrogens (tertiary/aromatic N) is 2. The van der Waals surface area contributed by atoms with Gasteiger partial charge < -0.3 is 14.4 Å². The number of rotatable bonds is 7. The molecule has 150 valence electrons. The van der Waals surface area contributed by atoms with Crippen LogP contribution in [0.5, 0.6) is 0 Å². The van der Waals surface area contributed by atoms with E-state index in [-0.39, 0.29) is 0 Å². The Kier molecular flexibility index (Phi) is 10.0. The fourth-order valence-electron chi connectivity index (χ4n) is 2.54. The summed E-state index contributed by atoms with van der Waals surface area (Å²) >= 11 is 0. The standard InChI is InChI=1S/C20H24N2O2.C2H4O2/c1-14-8-6-10-18(12-14)16(3)22-24-13-20-15(2)9-7-11-19(20)17(4)21-23-5;1-4-2-3/h6-12H,13H2,1-5H3;2H,1H3/b21-17-,22-16+;. The summed E-state index contributed by atoms with van der Waals surface area (Å²) < 4.78 is 3.86. The van der Waals surface area contributed by atoms with E-state index in [2.05, 4.69) is 47.1 Å². The Balaban J connectivity index is 0.000000892. The Hall–Kier alpha value is -3.15. The van der Waals surface area contributed by atoms with E-state index in [1.165, 1.54) is 12.7 Å². The summed E-state index contributed by atoms with van der Waals surface area (Å²) in [6.45, 7) is 8.75. The maximum Gasteiger partial charge on any atom is 0.292 e. The molecule has 0 aliphatic heterocycles. The van der Waals surface area contributed by atoms with Gasteiger partial charge in [0.15, 0.2) is 0 Å². The van der Waals surface area contributed by atoms with Gasteiger partial charge in [0.1, 0.15) is 13.7 Å². The lowest BCUT2D eigenvalue weighted by molar-refractivity contribution is -0.126. The largest absolute Gasteiger partial charge is 0.471 e. The third-order valence-corrected chi connectivity index (χ3v) is 3.97. The van der Waals surface area contributed by atoms with Crippen molar-refractivity contribution in [3.05, 3.63) is 70.3 Å². The fraction of sp³-hybridized carbons (Fsp3) is 0.318. The Morgan fingerprint density at radius 3 is 2.29 bits per heavy atom. The third kappa shape index (κ3) is 7.23. The first-order chi connectivity index (χ1) is 13.4. The quantitative estimate of drug-likeness (QED) is 0.403. The van der Waals surface area contributed by atoms with Crippen molar-refractivity contribution in [2.75, 3.05) is 14.2 Å². The van der Waals surface area contributed by atoms with Gasteiger partial charge in [0.25, 0.3) is 6.47 Å². The highest BCUT2D eigenvalue weighted by Crippen LogP contribution is 2.17. The zero-order valence-corrected chi connectivity index (χ0v) is 17.4. The monoisotopic (exact) mass is 384 g/mol. The molecule has 0 saturated heterocycles. The number of benzene rings is 2. The van der Waals surface area contributed by atoms with E-state index in [9.17, 15) is 0 Å². The number of hydrogen-bond donors (Lipinski definition) is 0. The van der Waals surface area contributed by atoms with Gasteiger partial charge >= 0.3 is 0 Å². The van der Waals surface area contributed by atoms with Crippen LogP contribution in [0.1, 0.15) is 41.7 Å². The van der Waals surface area contributed by atoms with E-state index in [1.807, 2.05) is 38.1 Å². The van der Waals surface area contributed by atoms with Crippen molar-refractivity contribution in [2.24, 2.45) is 10.3 Å². The predicted octanol–water partition coefficient (Wildman–Crippen LogP) is 4.40. The number of methoxy groups -OCH3 is 1. The Morgan fingerprint density at radius 1 is 1.00 bits per heavy atom. The molecule has 0 N–H and O–H groups in total. The van der Waals surface area contributed by atoms with Crippen LogP contribution >= 0.6 is 0 Å². The van der Waals surface area contributed by atoms with E-state index in [1.54, 1.807) is 7.11 Å². The molecular formula is C22H28N2O4. The number of carbonyl (C=O) groups is 1. The molecule has 2 rings (SSSR count). The van der Waals surface area contributed by atoms with Crippen molar-refractivity contribution in [2.45, 2.75) is 34.3 Å². The summed E-state index contributed by atoms with van der Waals surface area (Å²) in [6, 6.07) is 14.3. The van der Waals surface area contributed by atoms with Crippen LogP contribution < -0.4 is 0 Å². The minimum atomic E-state index is 0.375. The number of aryl methyl sites for hydroxylation is 2. The van der Waals surface area contributed by atoms with Crippen molar-refractivity contribution in [3.63, 3.8) is 0 Å². The molecule has 6 nitrogen and oxygen atoms in total. The number of hydrogen-bond acceptors (Lipinski definition) is 6. The lowest BCUT2D eigenvalue weighted by Crippen LogP contribution is -2.05. The zero-order chi connectivity index (χ0) is 20.9. The van der Waals surface area contributed by atoms with E-state index in [0.29, 0.717) is 13.1 Å². The minimum absolute atomic E-state index is 0.375. The second kappa shape index (κ2) is 12.3. The highest BCUT2D eigenvalue weighted by Gasteiger charge is 2.09. The molecule has 0 bridgehead atoms. The number of oxime groups is 2. The highest BCUT2D eigenvalue weighted by atomic mass is 16.6. The smallest absolute Gasteiger partial charge is 0.292 e. The van der Waals surface area contributed by atoms with Crippen LogP contribution in [0.15, 0.2) is 52.8 Å². The average molecular weight is 384 g/mol. The molecule has 2 aromatic carbocycles. The molecule has 0 atom stereocenters. The Labute approximate surface area is 166 Å². The molecule has 2 aromatic rings. The van der Waals surface area contributed by atoms with Crippen molar-refractivity contribution in [3.8, 4) is 0 Å². The van der Waals surface area contributed by atoms with Gasteiger partial charge in [-0.3, -0.25) is 4.79 Å². The first-order valence-corrected chi connectivity index (χ1v) is 8.81. The molecule has 0 radical (unpaired) electrons. The van der Waals surface area contributed by atoms with Crippen LogP contribution in [0.3, 0.4) is 0 Å². The molecule has 0 heterocycles. The second-order valence-corrected chi connectivity index (χ2v) is 6.11. The fourth-order valence-corrected chi connectivity index (χ4v) is 2.54. The lowest BCUT2D eigenvalue weighted by Gasteiger charge is -2.11. The molecule has 0 aliphatic rings. The first-order valence-electron chi connectivity index (χ1n) is 8.81. The van der Waals surface area contributed by atoms with Crippen molar-refractivity contribution < 1.29 is 19.2 Å². The summed E-state index contributed by atoms with van der Waals surface area (Å²) in [5.74, 6) is 0. The predicted molar refractivity (Wildman–Crippen MR) is 112 cm³/mol. The van der Waals surface area contributed by atoms with Crippen molar-refractivity contribution in [1.82, 2.24) is 0 Å². The maximum atomic E-state index is 8.95. The van der Waals surface area contributed by atoms with Crippen LogP contribution in [0, 0.1) is 13.8 Å². The van der Waals surface area contributed by atoms with E-state index in [0.717, 1.165) is 33.7 Å². The van der Waals surface area contributed by atoms with E-state index in [4.69, 9.17) is 14.5 Å². The van der Waals surface area contributed by atoms with E-state index >= 15 is 0 Å². The minimum Gasteiger partial charge on any atom is -0.471 e. The maximum absolute atomic E-state index is 8.95. The van der Waals surface area contributed by atoms with Crippen LogP contribution in [-0.4, -0.2) is 32.1 Å². The number of ether oxygens (including phenoxy) is 1. The third-order valence-electron chi connectivity index (χ3n) is 3.97. The highest BCUT2D eigenvalue weighted by molar-refractivity contribution is 6.00. The van der Waals surface area contributed by atoms with Crippen LogP contribution in [0.2, 0.25) is 0 Å². The molecule has 28 heavy (non-hydrogen) atoms. The van der Waals surface area contributed by atoms with Crippen LogP contribution in [-0.2, 0) is 25.8 Å². The molecule has 6 heteroatoms. The molecule has 0 unspecified atom stereocenters. The normalized spacial score (nSPS) is 11.2. The van der Waals surface area contributed by atoms with Crippen molar-refractivity contribution >= 4 is 17.9 Å². The number of carbonyl (C=O) groups excluding carboxylic acids is 1. The summed E-state index contributed by atoms with van der Waals surface area (Å²) in [5, 5.41) is 8.29. The summed E-state index contributed by atoms with van der Waals surface area (Å²) in [6.07, 6.45) is 0. The topological polar surface area (TPSA) is 69.5 Å². The lowest BCUT2D eigenvalue weighted by atomic mass is 10.00. The van der Waals surface area contributed by atoms with Gasteiger partial charge in [-0.1, -0.05) is 58.3 Å². The van der Waals surface area contributed by atoms with Gasteiger partial charge in [-0.15, -0.1) is 0 Å². The molecule has 0 spiro atoms. The Morgan fingerprint density at radius 2 is 1.68 bits per heavy atom. The van der Waals surface area contributed by atoms with Gasteiger partial charge in [-0.05, 0) is 38.8 Å². The molecule has 0 aliphatic carbocycles. The van der Waals surface area contributed by atoms with Crippen molar-refractivity contribution in [1.29, 1.82) is 0 Å². The van der Waals surface area contributed by atoms with Gasteiger partial charge in [0, 0.05) is 11.1 Å². The molecule has 0 amide bonds. The zero-order valence-electron chi connectivity index (χ0n) is 17.4.